The van der Waals surface area contributed by atoms with Gasteiger partial charge in [-0.2, -0.15) is 0 Å². The number of benzene rings is 2. The highest BCUT2D eigenvalue weighted by molar-refractivity contribution is 6.08. The molecule has 0 saturated carbocycles. The molecule has 6 nitrogen and oxygen atoms in total. The molecule has 0 aliphatic rings. The molecule has 0 radical (unpaired) electrons. The van der Waals surface area contributed by atoms with Crippen LogP contribution in [0.3, 0.4) is 0 Å². The molecule has 33 heavy (non-hydrogen) atoms. The summed E-state index contributed by atoms with van der Waals surface area (Å²) in [5.41, 5.74) is 3.90. The van der Waals surface area contributed by atoms with Crippen molar-refractivity contribution in [3.8, 4) is 0 Å². The zero-order chi connectivity index (χ0) is 23.6. The van der Waals surface area contributed by atoms with Crippen LogP contribution in [0.2, 0.25) is 0 Å². The van der Waals surface area contributed by atoms with Gasteiger partial charge in [0.25, 0.3) is 11.8 Å². The van der Waals surface area contributed by atoms with Gasteiger partial charge in [-0.05, 0) is 46.9 Å². The number of rotatable bonds is 5. The average molecular weight is 445 g/mol. The molecule has 4 aromatic rings. The van der Waals surface area contributed by atoms with E-state index in [1.807, 2.05) is 12.1 Å². The van der Waals surface area contributed by atoms with E-state index in [0.29, 0.717) is 27.8 Å². The number of anilines is 1. The van der Waals surface area contributed by atoms with Crippen LogP contribution in [0.5, 0.6) is 0 Å². The van der Waals surface area contributed by atoms with Crippen molar-refractivity contribution in [3.05, 3.63) is 95.1 Å². The Kier molecular flexibility index (Phi) is 5.96. The summed E-state index contributed by atoms with van der Waals surface area (Å²) < 4.78 is 13.1. The molecule has 2 aromatic heterocycles. The number of carbonyl (C=O) groups excluding carboxylic acids is 2. The third kappa shape index (κ3) is 5.09. The summed E-state index contributed by atoms with van der Waals surface area (Å²) in [6.45, 7) is 6.62. The molecule has 0 bridgehead atoms. The Balaban J connectivity index is 1.48. The van der Waals surface area contributed by atoms with E-state index < -0.39 is 0 Å². The molecule has 2 heterocycles. The summed E-state index contributed by atoms with van der Waals surface area (Å²) in [5, 5.41) is 6.26. The first-order chi connectivity index (χ1) is 15.7. The van der Waals surface area contributed by atoms with Gasteiger partial charge in [-0.15, -0.1) is 0 Å². The van der Waals surface area contributed by atoms with E-state index in [0.717, 1.165) is 11.1 Å². The minimum Gasteiger partial charge on any atom is -0.348 e. The van der Waals surface area contributed by atoms with Crippen LogP contribution in [-0.4, -0.2) is 21.8 Å². The van der Waals surface area contributed by atoms with Gasteiger partial charge in [0.15, 0.2) is 0 Å². The normalized spacial score (nSPS) is 11.4. The number of pyridine rings is 1. The fraction of sp³-hybridized carbons (Fsp3) is 0.192. The van der Waals surface area contributed by atoms with Crippen molar-refractivity contribution in [2.24, 2.45) is 0 Å². The fourth-order valence-electron chi connectivity index (χ4n) is 3.46. The lowest BCUT2D eigenvalue weighted by molar-refractivity contribution is 0.0952. The van der Waals surface area contributed by atoms with Crippen LogP contribution in [0, 0.1) is 5.82 Å². The molecule has 0 aliphatic heterocycles. The first-order valence-electron chi connectivity index (χ1n) is 10.6. The van der Waals surface area contributed by atoms with Crippen molar-refractivity contribution < 1.29 is 14.0 Å². The number of carbonyl (C=O) groups is 2. The number of amides is 2. The minimum atomic E-state index is -0.326. The number of nitrogens with zero attached hydrogens (tertiary/aromatic N) is 1. The first kappa shape index (κ1) is 22.2. The largest absolute Gasteiger partial charge is 0.348 e. The third-order valence-corrected chi connectivity index (χ3v) is 5.41. The lowest BCUT2D eigenvalue weighted by Crippen LogP contribution is -2.22. The number of nitrogens with one attached hydrogen (secondary N) is 3. The highest BCUT2D eigenvalue weighted by Gasteiger charge is 2.16. The predicted molar refractivity (Wildman–Crippen MR) is 127 cm³/mol. The number of fused-ring (bicyclic) bond motifs is 1. The van der Waals surface area contributed by atoms with E-state index in [-0.39, 0.29) is 29.6 Å². The van der Waals surface area contributed by atoms with Crippen molar-refractivity contribution in [3.63, 3.8) is 0 Å². The van der Waals surface area contributed by atoms with Crippen molar-refractivity contribution in [1.82, 2.24) is 15.3 Å². The van der Waals surface area contributed by atoms with E-state index in [2.05, 4.69) is 41.4 Å². The molecule has 2 amide bonds. The van der Waals surface area contributed by atoms with Crippen molar-refractivity contribution >= 4 is 28.5 Å². The van der Waals surface area contributed by atoms with Gasteiger partial charge in [-0.25, -0.2) is 9.37 Å². The number of H-pyrrole nitrogens is 1. The quantitative estimate of drug-likeness (QED) is 0.396. The minimum absolute atomic E-state index is 0.00587. The van der Waals surface area contributed by atoms with E-state index >= 15 is 0 Å². The van der Waals surface area contributed by atoms with Crippen LogP contribution in [-0.2, 0) is 12.0 Å². The van der Waals surface area contributed by atoms with Gasteiger partial charge in [-0.1, -0.05) is 45.0 Å². The van der Waals surface area contributed by atoms with E-state index in [1.165, 1.54) is 12.1 Å². The summed E-state index contributed by atoms with van der Waals surface area (Å²) in [6.07, 6.45) is 3.12. The molecule has 0 spiro atoms. The van der Waals surface area contributed by atoms with Crippen LogP contribution < -0.4 is 10.6 Å². The lowest BCUT2D eigenvalue weighted by atomic mass is 9.87. The third-order valence-electron chi connectivity index (χ3n) is 5.41. The van der Waals surface area contributed by atoms with Crippen molar-refractivity contribution in [2.45, 2.75) is 32.7 Å². The Labute approximate surface area is 191 Å². The van der Waals surface area contributed by atoms with Crippen molar-refractivity contribution in [2.75, 3.05) is 5.32 Å². The molecule has 2 aromatic carbocycles. The number of aromatic nitrogens is 2. The molecule has 4 rings (SSSR count). The molecule has 0 atom stereocenters. The highest BCUT2D eigenvalue weighted by atomic mass is 19.1. The van der Waals surface area contributed by atoms with Crippen LogP contribution in [0.25, 0.3) is 11.0 Å². The second-order valence-corrected chi connectivity index (χ2v) is 8.91. The smallest absolute Gasteiger partial charge is 0.255 e. The Morgan fingerprint density at radius 1 is 1.00 bits per heavy atom. The first-order valence-corrected chi connectivity index (χ1v) is 10.6. The van der Waals surface area contributed by atoms with E-state index in [1.54, 1.807) is 42.7 Å². The van der Waals surface area contributed by atoms with Crippen molar-refractivity contribution in [1.29, 1.82) is 0 Å². The van der Waals surface area contributed by atoms with Crippen LogP contribution in [0.15, 0.2) is 67.0 Å². The molecular weight excluding hydrogens is 419 g/mol. The van der Waals surface area contributed by atoms with Gasteiger partial charge < -0.3 is 15.6 Å². The van der Waals surface area contributed by atoms with Gasteiger partial charge in [0.2, 0.25) is 0 Å². The molecule has 168 valence electrons. The number of hydrogen-bond donors (Lipinski definition) is 3. The maximum Gasteiger partial charge on any atom is 0.255 e. The zero-order valence-electron chi connectivity index (χ0n) is 18.7. The average Bonchev–Trinajstić information content (AvgIpc) is 3.21. The monoisotopic (exact) mass is 444 g/mol. The summed E-state index contributed by atoms with van der Waals surface area (Å²) in [6, 6.07) is 15.2. The van der Waals surface area contributed by atoms with Crippen LogP contribution >= 0.6 is 0 Å². The summed E-state index contributed by atoms with van der Waals surface area (Å²) in [7, 11) is 0. The predicted octanol–water partition coefficient (Wildman–Crippen LogP) is 5.18. The lowest BCUT2D eigenvalue weighted by Gasteiger charge is -2.19. The molecule has 0 saturated heterocycles. The van der Waals surface area contributed by atoms with Gasteiger partial charge in [0.05, 0.1) is 17.4 Å². The topological polar surface area (TPSA) is 86.9 Å². The number of hydrogen-bond acceptors (Lipinski definition) is 3. The SMILES string of the molecule is CC(C)(C)c1ccc(C(=O)Nc2cnc3[nH]cc(C(=O)NCc4ccc(F)cc4)c3c2)cc1. The second-order valence-electron chi connectivity index (χ2n) is 8.91. The number of halogens is 1. The molecule has 0 fully saturated rings. The number of aromatic amines is 1. The van der Waals surface area contributed by atoms with Gasteiger partial charge in [0, 0.05) is 23.7 Å². The van der Waals surface area contributed by atoms with Gasteiger partial charge in [-0.3, -0.25) is 9.59 Å². The Morgan fingerprint density at radius 2 is 1.70 bits per heavy atom. The van der Waals surface area contributed by atoms with E-state index in [9.17, 15) is 14.0 Å². The van der Waals surface area contributed by atoms with Crippen LogP contribution in [0.4, 0.5) is 10.1 Å². The Hall–Kier alpha value is -4.00. The highest BCUT2D eigenvalue weighted by Crippen LogP contribution is 2.23. The van der Waals surface area contributed by atoms with Gasteiger partial charge in [0.1, 0.15) is 11.5 Å². The van der Waals surface area contributed by atoms with Gasteiger partial charge >= 0.3 is 0 Å². The van der Waals surface area contributed by atoms with E-state index in [4.69, 9.17) is 0 Å². The van der Waals surface area contributed by atoms with Crippen LogP contribution in [0.1, 0.15) is 52.6 Å². The standard InChI is InChI=1S/C26H25FN4O2/c1-26(2,3)18-8-6-17(7-9-18)24(32)31-20-12-21-22(15-29-23(21)28-14-20)25(33)30-13-16-4-10-19(27)11-5-16/h4-12,14-15H,13H2,1-3H3,(H,28,29)(H,30,33)(H,31,32). The maximum atomic E-state index is 13.1. The molecule has 7 heteroatoms. The Bertz CT molecular complexity index is 1300. The summed E-state index contributed by atoms with van der Waals surface area (Å²) >= 11 is 0. The maximum absolute atomic E-state index is 13.1. The summed E-state index contributed by atoms with van der Waals surface area (Å²) in [4.78, 5) is 32.7. The Morgan fingerprint density at radius 3 is 2.36 bits per heavy atom. The summed E-state index contributed by atoms with van der Waals surface area (Å²) in [5.74, 6) is -0.879. The molecule has 0 aliphatic carbocycles. The molecule has 0 unspecified atom stereocenters. The molecular formula is C26H25FN4O2. The second kappa shape index (κ2) is 8.86. The fourth-order valence-corrected chi connectivity index (χ4v) is 3.46. The zero-order valence-corrected chi connectivity index (χ0v) is 18.7. The molecule has 3 N–H and O–H groups in total.